The van der Waals surface area contributed by atoms with Gasteiger partial charge < -0.3 is 13.9 Å². The van der Waals surface area contributed by atoms with Gasteiger partial charge in [0, 0.05) is 10.2 Å². The fraction of sp³-hybridized carbons (Fsp3) is 0.185. The van der Waals surface area contributed by atoms with Crippen LogP contribution in [0.25, 0.3) is 11.0 Å². The zero-order valence-electron chi connectivity index (χ0n) is 18.9. The first-order valence-electron chi connectivity index (χ1n) is 10.9. The van der Waals surface area contributed by atoms with Gasteiger partial charge in [-0.1, -0.05) is 39.7 Å². The van der Waals surface area contributed by atoms with Crippen LogP contribution in [0.15, 0.2) is 74.3 Å². The van der Waals surface area contributed by atoms with Crippen molar-refractivity contribution in [3.8, 4) is 11.5 Å². The smallest absolute Gasteiger partial charge is 0.295 e. The number of rotatable bonds is 5. The Morgan fingerprint density at radius 3 is 2.47 bits per heavy atom. The number of nitrogens with zero attached hydrogens (tertiary/aromatic N) is 1. The SMILES string of the molecule is CCOc1ccc(C2c3c(oc4ccc(Br)cc4c3=O)C(=O)N2c2ccc(C)cc2)cc1OC. The monoisotopic (exact) mass is 519 g/mol. The molecule has 2 heterocycles. The fourth-order valence-corrected chi connectivity index (χ4v) is 4.72. The predicted molar refractivity (Wildman–Crippen MR) is 134 cm³/mol. The maximum atomic E-state index is 13.7. The summed E-state index contributed by atoms with van der Waals surface area (Å²) < 4.78 is 18.0. The molecule has 0 saturated carbocycles. The third-order valence-corrected chi connectivity index (χ3v) is 6.44. The number of amides is 1. The van der Waals surface area contributed by atoms with Crippen LogP contribution in [0.1, 0.15) is 40.2 Å². The summed E-state index contributed by atoms with van der Waals surface area (Å²) in [6.45, 7) is 4.36. The summed E-state index contributed by atoms with van der Waals surface area (Å²) in [6.07, 6.45) is 0. The van der Waals surface area contributed by atoms with Gasteiger partial charge in [0.2, 0.25) is 5.76 Å². The average molecular weight is 520 g/mol. The second kappa shape index (κ2) is 8.65. The summed E-state index contributed by atoms with van der Waals surface area (Å²) in [7, 11) is 1.56. The Morgan fingerprint density at radius 2 is 1.76 bits per heavy atom. The van der Waals surface area contributed by atoms with Crippen molar-refractivity contribution in [2.45, 2.75) is 19.9 Å². The molecule has 0 saturated heterocycles. The minimum Gasteiger partial charge on any atom is -0.493 e. The third-order valence-electron chi connectivity index (χ3n) is 5.95. The fourth-order valence-electron chi connectivity index (χ4n) is 4.36. The molecule has 4 aromatic rings. The number of fused-ring (bicyclic) bond motifs is 2. The molecule has 3 aromatic carbocycles. The summed E-state index contributed by atoms with van der Waals surface area (Å²) in [6, 6.07) is 17.6. The van der Waals surface area contributed by atoms with Gasteiger partial charge in [0.05, 0.1) is 30.7 Å². The lowest BCUT2D eigenvalue weighted by Crippen LogP contribution is -2.29. The minimum absolute atomic E-state index is 0.0539. The molecule has 1 amide bonds. The van der Waals surface area contributed by atoms with E-state index >= 15 is 0 Å². The average Bonchev–Trinajstić information content (AvgIpc) is 3.13. The molecule has 1 aliphatic rings. The van der Waals surface area contributed by atoms with E-state index in [0.29, 0.717) is 40.3 Å². The van der Waals surface area contributed by atoms with Crippen LogP contribution < -0.4 is 19.8 Å². The molecule has 0 bridgehead atoms. The summed E-state index contributed by atoms with van der Waals surface area (Å²) in [4.78, 5) is 29.0. The van der Waals surface area contributed by atoms with Gasteiger partial charge >= 0.3 is 0 Å². The Hall–Kier alpha value is -3.58. The third kappa shape index (κ3) is 3.56. The number of aryl methyl sites for hydroxylation is 1. The molecule has 34 heavy (non-hydrogen) atoms. The van der Waals surface area contributed by atoms with Crippen molar-refractivity contribution in [1.82, 2.24) is 0 Å². The molecule has 6 nitrogen and oxygen atoms in total. The molecule has 0 fully saturated rings. The number of carbonyl (C=O) groups excluding carboxylic acids is 1. The Labute approximate surface area is 204 Å². The van der Waals surface area contributed by atoms with Gasteiger partial charge in [0.15, 0.2) is 16.9 Å². The van der Waals surface area contributed by atoms with E-state index in [4.69, 9.17) is 13.9 Å². The van der Waals surface area contributed by atoms with Crippen LogP contribution in [0.4, 0.5) is 5.69 Å². The van der Waals surface area contributed by atoms with Crippen molar-refractivity contribution in [1.29, 1.82) is 0 Å². The molecule has 172 valence electrons. The van der Waals surface area contributed by atoms with Crippen molar-refractivity contribution in [3.05, 3.63) is 97.8 Å². The number of benzene rings is 3. The molecular weight excluding hydrogens is 498 g/mol. The van der Waals surface area contributed by atoms with Crippen molar-refractivity contribution < 1.29 is 18.7 Å². The highest BCUT2D eigenvalue weighted by Crippen LogP contribution is 2.43. The first kappa shape index (κ1) is 22.2. The van der Waals surface area contributed by atoms with E-state index in [2.05, 4.69) is 15.9 Å². The van der Waals surface area contributed by atoms with Crippen molar-refractivity contribution >= 4 is 38.5 Å². The van der Waals surface area contributed by atoms with E-state index in [1.165, 1.54) is 0 Å². The van der Waals surface area contributed by atoms with E-state index in [1.807, 2.05) is 50.2 Å². The zero-order valence-corrected chi connectivity index (χ0v) is 20.5. The van der Waals surface area contributed by atoms with Gasteiger partial charge in [-0.2, -0.15) is 0 Å². The maximum absolute atomic E-state index is 13.7. The number of halogens is 1. The second-order valence-electron chi connectivity index (χ2n) is 8.07. The zero-order chi connectivity index (χ0) is 24.0. The topological polar surface area (TPSA) is 69.0 Å². The Kier molecular flexibility index (Phi) is 5.65. The lowest BCUT2D eigenvalue weighted by atomic mass is 9.97. The first-order valence-corrected chi connectivity index (χ1v) is 11.7. The molecule has 1 atom stereocenters. The lowest BCUT2D eigenvalue weighted by Gasteiger charge is -2.26. The van der Waals surface area contributed by atoms with Gasteiger partial charge in [0.1, 0.15) is 5.58 Å². The molecule has 0 radical (unpaired) electrons. The van der Waals surface area contributed by atoms with Gasteiger partial charge in [-0.3, -0.25) is 14.5 Å². The normalized spacial score (nSPS) is 15.0. The molecule has 0 aliphatic carbocycles. The Balaban J connectivity index is 1.78. The van der Waals surface area contributed by atoms with Gasteiger partial charge in [-0.25, -0.2) is 0 Å². The van der Waals surface area contributed by atoms with Gasteiger partial charge in [-0.15, -0.1) is 0 Å². The molecule has 0 N–H and O–H groups in total. The van der Waals surface area contributed by atoms with Crippen LogP contribution in [-0.4, -0.2) is 19.6 Å². The maximum Gasteiger partial charge on any atom is 0.295 e. The van der Waals surface area contributed by atoms with E-state index in [-0.39, 0.29) is 17.1 Å². The Morgan fingerprint density at radius 1 is 1.00 bits per heavy atom. The molecule has 1 aromatic heterocycles. The molecule has 1 aliphatic heterocycles. The number of ether oxygens (including phenoxy) is 2. The Bertz CT molecular complexity index is 1480. The summed E-state index contributed by atoms with van der Waals surface area (Å²) in [5.41, 5.74) is 2.89. The lowest BCUT2D eigenvalue weighted by molar-refractivity contribution is 0.0971. The van der Waals surface area contributed by atoms with Crippen LogP contribution in [0.2, 0.25) is 0 Å². The van der Waals surface area contributed by atoms with E-state index < -0.39 is 6.04 Å². The summed E-state index contributed by atoms with van der Waals surface area (Å²) in [5, 5.41) is 0.412. The molecule has 1 unspecified atom stereocenters. The van der Waals surface area contributed by atoms with E-state index in [0.717, 1.165) is 15.6 Å². The van der Waals surface area contributed by atoms with Crippen LogP contribution in [0.3, 0.4) is 0 Å². The van der Waals surface area contributed by atoms with Crippen LogP contribution in [-0.2, 0) is 0 Å². The predicted octanol–water partition coefficient (Wildman–Crippen LogP) is 6.02. The first-order chi connectivity index (χ1) is 16.4. The number of hydrogen-bond acceptors (Lipinski definition) is 5. The molecule has 5 rings (SSSR count). The van der Waals surface area contributed by atoms with Crippen LogP contribution >= 0.6 is 15.9 Å². The van der Waals surface area contributed by atoms with E-state index in [9.17, 15) is 9.59 Å². The van der Waals surface area contributed by atoms with Gasteiger partial charge in [-0.05, 0) is 61.9 Å². The quantitative estimate of drug-likeness (QED) is 0.322. The van der Waals surface area contributed by atoms with Crippen molar-refractivity contribution in [2.24, 2.45) is 0 Å². The summed E-state index contributed by atoms with van der Waals surface area (Å²) in [5.74, 6) is 0.809. The van der Waals surface area contributed by atoms with Crippen molar-refractivity contribution in [2.75, 3.05) is 18.6 Å². The molecular formula is C27H22BrNO5. The van der Waals surface area contributed by atoms with E-state index in [1.54, 1.807) is 36.3 Å². The molecule has 7 heteroatoms. The number of carbonyl (C=O) groups is 1. The highest BCUT2D eigenvalue weighted by atomic mass is 79.9. The largest absolute Gasteiger partial charge is 0.493 e. The van der Waals surface area contributed by atoms with Gasteiger partial charge in [0.25, 0.3) is 5.91 Å². The van der Waals surface area contributed by atoms with Crippen molar-refractivity contribution in [3.63, 3.8) is 0 Å². The number of hydrogen-bond donors (Lipinski definition) is 0. The van der Waals surface area contributed by atoms with Crippen LogP contribution in [0, 0.1) is 6.92 Å². The highest BCUT2D eigenvalue weighted by molar-refractivity contribution is 9.10. The minimum atomic E-state index is -0.686. The number of methoxy groups -OCH3 is 1. The van der Waals surface area contributed by atoms with Crippen LogP contribution in [0.5, 0.6) is 11.5 Å². The highest BCUT2D eigenvalue weighted by Gasteiger charge is 2.44. The summed E-state index contributed by atoms with van der Waals surface area (Å²) >= 11 is 3.43. The number of anilines is 1. The second-order valence-corrected chi connectivity index (χ2v) is 8.99. The standard InChI is InChI=1S/C27H22BrNO5/c1-4-33-21-11-7-16(13-22(21)32-3)24-23-25(30)19-14-17(28)8-12-20(19)34-26(23)27(31)29(24)18-9-5-15(2)6-10-18/h5-14,24H,4H2,1-3H3. The molecule has 0 spiro atoms.